The van der Waals surface area contributed by atoms with Crippen molar-refractivity contribution in [2.24, 2.45) is 0 Å². The van der Waals surface area contributed by atoms with Gasteiger partial charge in [0.15, 0.2) is 0 Å². The lowest BCUT2D eigenvalue weighted by atomic mass is 10.1. The van der Waals surface area contributed by atoms with Crippen LogP contribution in [-0.2, 0) is 0 Å². The van der Waals surface area contributed by atoms with Crippen molar-refractivity contribution in [2.75, 3.05) is 11.9 Å². The first-order chi connectivity index (χ1) is 14.6. The Hall–Kier alpha value is -2.91. The normalized spacial score (nSPS) is 13.5. The molecule has 0 saturated carbocycles. The number of fused-ring (bicyclic) bond motifs is 1. The van der Waals surface area contributed by atoms with Gasteiger partial charge in [0, 0.05) is 28.2 Å². The second-order valence-electron chi connectivity index (χ2n) is 8.14. The molecule has 1 aliphatic heterocycles. The molecular weight excluding hydrogens is 480 g/mol. The van der Waals surface area contributed by atoms with Gasteiger partial charge in [0.2, 0.25) is 5.13 Å². The minimum Gasteiger partial charge on any atom is -0.286 e. The summed E-state index contributed by atoms with van der Waals surface area (Å²) in [6, 6.07) is 12.2. The lowest BCUT2D eigenvalue weighted by Crippen LogP contribution is -2.45. The van der Waals surface area contributed by atoms with E-state index in [4.69, 9.17) is 0 Å². The summed E-state index contributed by atoms with van der Waals surface area (Å²) in [6.45, 7) is 5.40. The Morgan fingerprint density at radius 2 is 1.65 bits per heavy atom. The van der Waals surface area contributed by atoms with Gasteiger partial charge in [-0.15, -0.1) is 10.2 Å². The largest absolute Gasteiger partial charge is 0.286 e. The van der Waals surface area contributed by atoms with Crippen molar-refractivity contribution in [3.05, 3.63) is 63.6 Å². The van der Waals surface area contributed by atoms with Crippen LogP contribution < -0.4 is 4.90 Å². The number of carbonyl (C=O) groups excluding carboxylic acids is 3. The highest BCUT2D eigenvalue weighted by atomic mass is 79.9. The van der Waals surface area contributed by atoms with Crippen LogP contribution in [0.3, 0.4) is 0 Å². The van der Waals surface area contributed by atoms with E-state index in [0.717, 1.165) is 10.0 Å². The van der Waals surface area contributed by atoms with Gasteiger partial charge in [0.1, 0.15) is 5.01 Å². The van der Waals surface area contributed by atoms with Gasteiger partial charge in [-0.25, -0.2) is 0 Å². The van der Waals surface area contributed by atoms with E-state index in [1.54, 1.807) is 33.9 Å². The first-order valence-corrected chi connectivity index (χ1v) is 11.1. The number of imide groups is 1. The van der Waals surface area contributed by atoms with Gasteiger partial charge < -0.3 is 0 Å². The molecule has 0 atom stereocenters. The fourth-order valence-corrected chi connectivity index (χ4v) is 4.40. The number of halogens is 1. The molecule has 158 valence electrons. The van der Waals surface area contributed by atoms with Gasteiger partial charge in [0.05, 0.1) is 11.1 Å². The van der Waals surface area contributed by atoms with E-state index in [0.29, 0.717) is 21.3 Å². The third kappa shape index (κ3) is 3.79. The Balaban J connectivity index is 1.60. The molecule has 0 saturated heterocycles. The second kappa shape index (κ2) is 7.65. The standard InChI is InChI=1S/C22H19BrN4O3S/c1-22(2,3)27-19(29)15-10-7-13(11-16(15)20(27)30)18(28)26(4)21-25-24-17(31-21)12-5-8-14(23)9-6-12/h5-11H,1-4H3. The topological polar surface area (TPSA) is 83.5 Å². The highest BCUT2D eigenvalue weighted by Gasteiger charge is 2.42. The predicted octanol–water partition coefficient (Wildman–Crippen LogP) is 4.64. The maximum atomic E-state index is 13.1. The van der Waals surface area contributed by atoms with Crippen LogP contribution in [0.5, 0.6) is 0 Å². The lowest BCUT2D eigenvalue weighted by molar-refractivity contribution is 0.0507. The molecule has 2 heterocycles. The SMILES string of the molecule is CN(C(=O)c1ccc2c(c1)C(=O)N(C(C)(C)C)C2=O)c1nnc(-c2ccc(Br)cc2)s1. The van der Waals surface area contributed by atoms with Gasteiger partial charge in [-0.1, -0.05) is 39.4 Å². The quantitative estimate of drug-likeness (QED) is 0.491. The minimum atomic E-state index is -0.649. The maximum absolute atomic E-state index is 13.1. The van der Waals surface area contributed by atoms with Crippen molar-refractivity contribution in [2.45, 2.75) is 26.3 Å². The van der Waals surface area contributed by atoms with E-state index in [9.17, 15) is 14.4 Å². The monoisotopic (exact) mass is 498 g/mol. The highest BCUT2D eigenvalue weighted by Crippen LogP contribution is 2.32. The van der Waals surface area contributed by atoms with Gasteiger partial charge in [-0.2, -0.15) is 0 Å². The van der Waals surface area contributed by atoms with Crippen molar-refractivity contribution in [1.29, 1.82) is 0 Å². The summed E-state index contributed by atoms with van der Waals surface area (Å²) in [4.78, 5) is 41.1. The van der Waals surface area contributed by atoms with E-state index in [1.165, 1.54) is 33.3 Å². The number of amides is 3. The Labute approximate surface area is 191 Å². The fourth-order valence-electron chi connectivity index (χ4n) is 3.32. The molecule has 0 bridgehead atoms. The number of benzene rings is 2. The summed E-state index contributed by atoms with van der Waals surface area (Å²) in [7, 11) is 1.61. The summed E-state index contributed by atoms with van der Waals surface area (Å²) in [5, 5.41) is 9.45. The number of hydrogen-bond acceptors (Lipinski definition) is 6. The number of rotatable bonds is 3. The van der Waals surface area contributed by atoms with Gasteiger partial charge in [-0.05, 0) is 51.1 Å². The molecule has 1 aromatic heterocycles. The Morgan fingerprint density at radius 3 is 2.29 bits per heavy atom. The van der Waals surface area contributed by atoms with Crippen molar-refractivity contribution < 1.29 is 14.4 Å². The zero-order valence-electron chi connectivity index (χ0n) is 17.3. The Morgan fingerprint density at radius 1 is 1.00 bits per heavy atom. The summed E-state index contributed by atoms with van der Waals surface area (Å²) in [5.41, 5.74) is 1.11. The summed E-state index contributed by atoms with van der Waals surface area (Å²) >= 11 is 4.69. The maximum Gasteiger partial charge on any atom is 0.262 e. The minimum absolute atomic E-state index is 0.243. The molecule has 0 aliphatic carbocycles. The number of hydrogen-bond donors (Lipinski definition) is 0. The van der Waals surface area contributed by atoms with Crippen molar-refractivity contribution in [3.63, 3.8) is 0 Å². The van der Waals surface area contributed by atoms with Crippen LogP contribution >= 0.6 is 27.3 Å². The van der Waals surface area contributed by atoms with Gasteiger partial charge in [0.25, 0.3) is 17.7 Å². The molecule has 9 heteroatoms. The van der Waals surface area contributed by atoms with E-state index in [-0.39, 0.29) is 17.4 Å². The smallest absolute Gasteiger partial charge is 0.262 e. The third-order valence-electron chi connectivity index (χ3n) is 4.90. The van der Waals surface area contributed by atoms with Crippen LogP contribution in [-0.4, -0.2) is 45.4 Å². The predicted molar refractivity (Wildman–Crippen MR) is 122 cm³/mol. The molecule has 1 aliphatic rings. The summed E-state index contributed by atoms with van der Waals surface area (Å²) in [6.07, 6.45) is 0. The van der Waals surface area contributed by atoms with Crippen LogP contribution in [0.15, 0.2) is 46.9 Å². The number of nitrogens with zero attached hydrogens (tertiary/aromatic N) is 4. The molecular formula is C22H19BrN4O3S. The van der Waals surface area contributed by atoms with E-state index in [1.807, 2.05) is 24.3 Å². The van der Waals surface area contributed by atoms with Crippen LogP contribution in [0.25, 0.3) is 10.6 Å². The average Bonchev–Trinajstić information content (AvgIpc) is 3.30. The molecule has 0 unspecified atom stereocenters. The first kappa shape index (κ1) is 21.3. The molecule has 0 N–H and O–H groups in total. The molecule has 7 nitrogen and oxygen atoms in total. The molecule has 31 heavy (non-hydrogen) atoms. The fraction of sp³-hybridized carbons (Fsp3) is 0.227. The van der Waals surface area contributed by atoms with Gasteiger partial charge >= 0.3 is 0 Å². The van der Waals surface area contributed by atoms with Crippen molar-refractivity contribution in [1.82, 2.24) is 15.1 Å². The zero-order chi connectivity index (χ0) is 22.5. The van der Waals surface area contributed by atoms with Crippen LogP contribution in [0.2, 0.25) is 0 Å². The summed E-state index contributed by atoms with van der Waals surface area (Å²) in [5.74, 6) is -1.07. The Bertz CT molecular complexity index is 1210. The first-order valence-electron chi connectivity index (χ1n) is 9.48. The summed E-state index contributed by atoms with van der Waals surface area (Å²) < 4.78 is 0.961. The number of anilines is 1. The molecule has 0 fully saturated rings. The molecule has 4 rings (SSSR count). The van der Waals surface area contributed by atoms with E-state index in [2.05, 4.69) is 26.1 Å². The van der Waals surface area contributed by atoms with Crippen LogP contribution in [0.4, 0.5) is 5.13 Å². The molecule has 0 spiro atoms. The van der Waals surface area contributed by atoms with E-state index >= 15 is 0 Å². The highest BCUT2D eigenvalue weighted by molar-refractivity contribution is 9.10. The number of aromatic nitrogens is 2. The molecule has 3 aromatic rings. The van der Waals surface area contributed by atoms with Crippen molar-refractivity contribution >= 4 is 50.1 Å². The number of carbonyl (C=O) groups is 3. The average molecular weight is 499 g/mol. The van der Waals surface area contributed by atoms with Crippen LogP contribution in [0, 0.1) is 0 Å². The molecule has 3 amide bonds. The molecule has 0 radical (unpaired) electrons. The van der Waals surface area contributed by atoms with Gasteiger partial charge in [-0.3, -0.25) is 24.2 Å². The molecule has 2 aromatic carbocycles. The second-order valence-corrected chi connectivity index (χ2v) is 10.0. The van der Waals surface area contributed by atoms with Crippen molar-refractivity contribution in [3.8, 4) is 10.6 Å². The zero-order valence-corrected chi connectivity index (χ0v) is 19.7. The third-order valence-corrected chi connectivity index (χ3v) is 6.48. The van der Waals surface area contributed by atoms with Crippen LogP contribution in [0.1, 0.15) is 51.8 Å². The van der Waals surface area contributed by atoms with E-state index < -0.39 is 11.4 Å². The Kier molecular flexibility index (Phi) is 5.26. The lowest BCUT2D eigenvalue weighted by Gasteiger charge is -2.29.